The highest BCUT2D eigenvalue weighted by molar-refractivity contribution is 5.96. The number of hydrogen-bond donors (Lipinski definition) is 5. The number of nitrogens with two attached hydrogens (primary N) is 1. The number of carbonyl (C=O) groups excluding carboxylic acids is 1. The Bertz CT molecular complexity index is 679. The van der Waals surface area contributed by atoms with E-state index < -0.39 is 5.92 Å². The normalized spacial score (nSPS) is 16.0. The molecule has 0 aromatic heterocycles. The molecule has 0 saturated carbocycles. The summed E-state index contributed by atoms with van der Waals surface area (Å²) in [4.78, 5) is 12.5. The smallest absolute Gasteiger partial charge is 0.233 e. The fraction of sp³-hybridized carbons (Fsp3) is 0.278. The average molecular weight is 326 g/mol. The maximum Gasteiger partial charge on any atom is 0.233 e. The van der Waals surface area contributed by atoms with Crippen molar-refractivity contribution >= 4 is 11.6 Å². The SMILES string of the molecule is NCC(C(=O)Nc1ccc(C2CNNC2)cc1)c1ccc(O)cc1. The summed E-state index contributed by atoms with van der Waals surface area (Å²) in [6, 6.07) is 14.4. The molecule has 0 aliphatic carbocycles. The minimum absolute atomic E-state index is 0.153. The Morgan fingerprint density at radius 2 is 1.75 bits per heavy atom. The summed E-state index contributed by atoms with van der Waals surface area (Å²) in [6.07, 6.45) is 0. The number of benzene rings is 2. The van der Waals surface area contributed by atoms with E-state index in [-0.39, 0.29) is 18.2 Å². The lowest BCUT2D eigenvalue weighted by Gasteiger charge is -2.16. The molecule has 1 atom stereocenters. The third-order valence-corrected chi connectivity index (χ3v) is 4.32. The highest BCUT2D eigenvalue weighted by Crippen LogP contribution is 2.22. The van der Waals surface area contributed by atoms with E-state index in [0.29, 0.717) is 5.92 Å². The maximum absolute atomic E-state index is 12.5. The van der Waals surface area contributed by atoms with Crippen molar-refractivity contribution in [2.75, 3.05) is 25.0 Å². The molecule has 2 aromatic rings. The average Bonchev–Trinajstić information content (AvgIpc) is 3.12. The van der Waals surface area contributed by atoms with Crippen molar-refractivity contribution in [3.63, 3.8) is 0 Å². The summed E-state index contributed by atoms with van der Waals surface area (Å²) in [5.41, 5.74) is 14.8. The first kappa shape index (κ1) is 16.4. The standard InChI is InChI=1S/C18H22N4O2/c19-9-17(13-3-7-16(23)8-4-13)18(24)22-15-5-1-12(2-6-15)14-10-20-21-11-14/h1-8,14,17,20-21,23H,9-11,19H2,(H,22,24). The van der Waals surface area contributed by atoms with Gasteiger partial charge < -0.3 is 16.2 Å². The number of carbonyl (C=O) groups is 1. The van der Waals surface area contributed by atoms with Gasteiger partial charge in [-0.3, -0.25) is 15.6 Å². The van der Waals surface area contributed by atoms with Gasteiger partial charge in [-0.1, -0.05) is 24.3 Å². The predicted molar refractivity (Wildman–Crippen MR) is 93.7 cm³/mol. The minimum atomic E-state index is -0.450. The summed E-state index contributed by atoms with van der Waals surface area (Å²) in [7, 11) is 0. The second-order valence-electron chi connectivity index (χ2n) is 5.95. The summed E-state index contributed by atoms with van der Waals surface area (Å²) in [6.45, 7) is 2.01. The molecule has 0 bridgehead atoms. The van der Waals surface area contributed by atoms with Crippen molar-refractivity contribution in [3.05, 3.63) is 59.7 Å². The molecule has 1 fully saturated rings. The molecule has 2 aromatic carbocycles. The summed E-state index contributed by atoms with van der Waals surface area (Å²) in [5.74, 6) is 0.0126. The van der Waals surface area contributed by atoms with Crippen LogP contribution in [0.5, 0.6) is 5.75 Å². The first-order valence-corrected chi connectivity index (χ1v) is 8.03. The Balaban J connectivity index is 1.67. The highest BCUT2D eigenvalue weighted by Gasteiger charge is 2.20. The molecule has 0 spiro atoms. The molecule has 6 nitrogen and oxygen atoms in total. The van der Waals surface area contributed by atoms with Gasteiger partial charge in [0.2, 0.25) is 5.91 Å². The molecule has 3 rings (SSSR count). The Morgan fingerprint density at radius 1 is 1.12 bits per heavy atom. The number of hydrogen-bond acceptors (Lipinski definition) is 5. The molecular formula is C18H22N4O2. The number of hydrazine groups is 1. The zero-order chi connectivity index (χ0) is 16.9. The Kier molecular flexibility index (Phi) is 5.10. The minimum Gasteiger partial charge on any atom is -0.508 e. The summed E-state index contributed by atoms with van der Waals surface area (Å²) in [5, 5.41) is 12.3. The molecule has 1 heterocycles. The van der Waals surface area contributed by atoms with E-state index >= 15 is 0 Å². The van der Waals surface area contributed by atoms with Crippen molar-refractivity contribution in [3.8, 4) is 5.75 Å². The molecule has 1 amide bonds. The van der Waals surface area contributed by atoms with Crippen LogP contribution in [0.25, 0.3) is 0 Å². The molecular weight excluding hydrogens is 304 g/mol. The van der Waals surface area contributed by atoms with Gasteiger partial charge in [-0.05, 0) is 35.4 Å². The van der Waals surface area contributed by atoms with E-state index in [9.17, 15) is 9.90 Å². The molecule has 1 aliphatic heterocycles. The van der Waals surface area contributed by atoms with Gasteiger partial charge in [-0.25, -0.2) is 0 Å². The number of rotatable bonds is 5. The quantitative estimate of drug-likeness (QED) is 0.570. The third kappa shape index (κ3) is 3.73. The van der Waals surface area contributed by atoms with Crippen molar-refractivity contribution in [1.82, 2.24) is 10.9 Å². The maximum atomic E-state index is 12.5. The van der Waals surface area contributed by atoms with Gasteiger partial charge in [-0.15, -0.1) is 0 Å². The Morgan fingerprint density at radius 3 is 2.33 bits per heavy atom. The highest BCUT2D eigenvalue weighted by atomic mass is 16.3. The van der Waals surface area contributed by atoms with Crippen LogP contribution in [0.15, 0.2) is 48.5 Å². The van der Waals surface area contributed by atoms with Crippen LogP contribution in [0, 0.1) is 0 Å². The summed E-state index contributed by atoms with van der Waals surface area (Å²) >= 11 is 0. The molecule has 1 aliphatic rings. The second-order valence-corrected chi connectivity index (χ2v) is 5.95. The monoisotopic (exact) mass is 326 g/mol. The lowest BCUT2D eigenvalue weighted by Crippen LogP contribution is -2.27. The van der Waals surface area contributed by atoms with Crippen LogP contribution in [0.4, 0.5) is 5.69 Å². The van der Waals surface area contributed by atoms with E-state index in [2.05, 4.69) is 16.2 Å². The van der Waals surface area contributed by atoms with Gasteiger partial charge in [0.15, 0.2) is 0 Å². The Labute approximate surface area is 141 Å². The molecule has 0 radical (unpaired) electrons. The molecule has 6 heteroatoms. The number of phenols is 1. The Hall–Kier alpha value is -2.41. The van der Waals surface area contributed by atoms with Gasteiger partial charge in [0.05, 0.1) is 5.92 Å². The van der Waals surface area contributed by atoms with Gasteiger partial charge in [0, 0.05) is 31.2 Å². The van der Waals surface area contributed by atoms with E-state index in [4.69, 9.17) is 5.73 Å². The van der Waals surface area contributed by atoms with E-state index in [0.717, 1.165) is 24.3 Å². The van der Waals surface area contributed by atoms with Gasteiger partial charge in [0.1, 0.15) is 5.75 Å². The van der Waals surface area contributed by atoms with Crippen LogP contribution in [0.2, 0.25) is 0 Å². The first-order valence-electron chi connectivity index (χ1n) is 8.03. The molecule has 1 unspecified atom stereocenters. The van der Waals surface area contributed by atoms with Gasteiger partial charge in [0.25, 0.3) is 0 Å². The van der Waals surface area contributed by atoms with Gasteiger partial charge >= 0.3 is 0 Å². The van der Waals surface area contributed by atoms with Crippen LogP contribution in [0.1, 0.15) is 23.0 Å². The molecule has 1 saturated heterocycles. The zero-order valence-electron chi connectivity index (χ0n) is 13.3. The molecule has 126 valence electrons. The van der Waals surface area contributed by atoms with Crippen LogP contribution in [0.3, 0.4) is 0 Å². The molecule has 6 N–H and O–H groups in total. The fourth-order valence-electron chi connectivity index (χ4n) is 2.87. The van der Waals surface area contributed by atoms with Crippen molar-refractivity contribution in [2.45, 2.75) is 11.8 Å². The van der Waals surface area contributed by atoms with Crippen LogP contribution in [-0.2, 0) is 4.79 Å². The fourth-order valence-corrected chi connectivity index (χ4v) is 2.87. The van der Waals surface area contributed by atoms with E-state index in [1.807, 2.05) is 24.3 Å². The van der Waals surface area contributed by atoms with Crippen LogP contribution >= 0.6 is 0 Å². The second kappa shape index (κ2) is 7.44. The van der Waals surface area contributed by atoms with Gasteiger partial charge in [-0.2, -0.15) is 0 Å². The van der Waals surface area contributed by atoms with Crippen molar-refractivity contribution in [1.29, 1.82) is 0 Å². The van der Waals surface area contributed by atoms with E-state index in [1.54, 1.807) is 24.3 Å². The zero-order valence-corrected chi connectivity index (χ0v) is 13.3. The third-order valence-electron chi connectivity index (χ3n) is 4.32. The van der Waals surface area contributed by atoms with Crippen LogP contribution < -0.4 is 21.9 Å². The van der Waals surface area contributed by atoms with Crippen LogP contribution in [-0.4, -0.2) is 30.6 Å². The van der Waals surface area contributed by atoms with E-state index in [1.165, 1.54) is 5.56 Å². The largest absolute Gasteiger partial charge is 0.508 e. The number of phenolic OH excluding ortho intramolecular Hbond substituents is 1. The number of aromatic hydroxyl groups is 1. The summed E-state index contributed by atoms with van der Waals surface area (Å²) < 4.78 is 0. The lowest BCUT2D eigenvalue weighted by molar-refractivity contribution is -0.117. The molecule has 24 heavy (non-hydrogen) atoms. The lowest BCUT2D eigenvalue weighted by atomic mass is 9.97. The van der Waals surface area contributed by atoms with Crippen molar-refractivity contribution in [2.24, 2.45) is 5.73 Å². The number of amides is 1. The number of nitrogens with one attached hydrogen (secondary N) is 3. The first-order chi connectivity index (χ1) is 11.7. The number of anilines is 1. The topological polar surface area (TPSA) is 99.4 Å². The van der Waals surface area contributed by atoms with Crippen molar-refractivity contribution < 1.29 is 9.90 Å². The predicted octanol–water partition coefficient (Wildman–Crippen LogP) is 1.26.